The van der Waals surface area contributed by atoms with Gasteiger partial charge in [-0.05, 0) is 6.92 Å². The van der Waals surface area contributed by atoms with Gasteiger partial charge in [0.15, 0.2) is 0 Å². The first kappa shape index (κ1) is 12.3. The van der Waals surface area contributed by atoms with Gasteiger partial charge in [0.1, 0.15) is 0 Å². The Kier molecular flexibility index (Phi) is 7.57. The maximum absolute atomic E-state index is 10.1. The first-order valence-electron chi connectivity index (χ1n) is 4.52. The fourth-order valence-electron chi connectivity index (χ4n) is 0.916. The lowest BCUT2D eigenvalue weighted by Crippen LogP contribution is -2.39. The molecule has 0 radical (unpaired) electrons. The molecule has 0 aliphatic heterocycles. The fourth-order valence-corrected chi connectivity index (χ4v) is 0.916. The van der Waals surface area contributed by atoms with E-state index < -0.39 is 5.97 Å². The summed E-state index contributed by atoms with van der Waals surface area (Å²) < 4.78 is 0. The molecule has 0 aliphatic rings. The van der Waals surface area contributed by atoms with E-state index in [0.717, 1.165) is 13.1 Å². The summed E-state index contributed by atoms with van der Waals surface area (Å²) in [7, 11) is 0. The fraction of sp³-hybridized carbons (Fsp3) is 0.875. The molecule has 0 aromatic heterocycles. The summed E-state index contributed by atoms with van der Waals surface area (Å²) in [6, 6.07) is 0.331. The first-order valence-corrected chi connectivity index (χ1v) is 4.52. The van der Waals surface area contributed by atoms with Crippen LogP contribution < -0.4 is 16.4 Å². The Hall–Kier alpha value is -0.650. The summed E-state index contributed by atoms with van der Waals surface area (Å²) in [4.78, 5) is 10.1. The van der Waals surface area contributed by atoms with Crippen molar-refractivity contribution in [3.63, 3.8) is 0 Å². The van der Waals surface area contributed by atoms with Crippen LogP contribution in [-0.4, -0.2) is 43.3 Å². The zero-order valence-electron chi connectivity index (χ0n) is 8.05. The van der Waals surface area contributed by atoms with Crippen molar-refractivity contribution < 1.29 is 9.90 Å². The van der Waals surface area contributed by atoms with Crippen molar-refractivity contribution in [1.29, 1.82) is 0 Å². The van der Waals surface area contributed by atoms with Crippen molar-refractivity contribution in [3.05, 3.63) is 0 Å². The highest BCUT2D eigenvalue weighted by atomic mass is 16.4. The molecule has 0 amide bonds. The van der Waals surface area contributed by atoms with Gasteiger partial charge in [-0.25, -0.2) is 0 Å². The predicted octanol–water partition coefficient (Wildman–Crippen LogP) is -1.01. The van der Waals surface area contributed by atoms with Gasteiger partial charge in [-0.3, -0.25) is 4.79 Å². The highest BCUT2D eigenvalue weighted by molar-refractivity contribution is 5.66. The SMILES string of the molecule is C[C@H](CNCCC(=O)O)NCCN. The van der Waals surface area contributed by atoms with Crippen LogP contribution in [0.15, 0.2) is 0 Å². The van der Waals surface area contributed by atoms with Crippen LogP contribution in [0.25, 0.3) is 0 Å². The molecule has 5 N–H and O–H groups in total. The second kappa shape index (κ2) is 7.97. The van der Waals surface area contributed by atoms with E-state index in [2.05, 4.69) is 10.6 Å². The Labute approximate surface area is 78.7 Å². The van der Waals surface area contributed by atoms with Gasteiger partial charge < -0.3 is 21.5 Å². The number of carbonyl (C=O) groups is 1. The zero-order valence-corrected chi connectivity index (χ0v) is 8.05. The van der Waals surface area contributed by atoms with Crippen LogP contribution >= 0.6 is 0 Å². The molecular weight excluding hydrogens is 170 g/mol. The van der Waals surface area contributed by atoms with Crippen molar-refractivity contribution in [3.8, 4) is 0 Å². The third kappa shape index (κ3) is 9.26. The number of rotatable bonds is 8. The van der Waals surface area contributed by atoms with Crippen molar-refractivity contribution in [2.24, 2.45) is 5.73 Å². The molecule has 0 bridgehead atoms. The largest absolute Gasteiger partial charge is 0.481 e. The number of hydrogen-bond donors (Lipinski definition) is 4. The van der Waals surface area contributed by atoms with E-state index in [1.807, 2.05) is 6.92 Å². The van der Waals surface area contributed by atoms with Crippen molar-refractivity contribution in [2.75, 3.05) is 26.2 Å². The third-order valence-electron chi connectivity index (χ3n) is 1.60. The molecule has 1 atom stereocenters. The molecule has 0 aromatic carbocycles. The van der Waals surface area contributed by atoms with Crippen LogP contribution in [0.5, 0.6) is 0 Å². The molecule has 0 fully saturated rings. The summed E-state index contributed by atoms with van der Waals surface area (Å²) in [5, 5.41) is 14.6. The lowest BCUT2D eigenvalue weighted by Gasteiger charge is -2.13. The minimum atomic E-state index is -0.768. The second-order valence-corrected chi connectivity index (χ2v) is 2.99. The number of nitrogens with two attached hydrogens (primary N) is 1. The van der Waals surface area contributed by atoms with Gasteiger partial charge in [0.25, 0.3) is 0 Å². The van der Waals surface area contributed by atoms with Crippen LogP contribution in [0, 0.1) is 0 Å². The topological polar surface area (TPSA) is 87.4 Å². The lowest BCUT2D eigenvalue weighted by molar-refractivity contribution is -0.136. The summed E-state index contributed by atoms with van der Waals surface area (Å²) in [6.45, 7) is 4.74. The number of nitrogens with one attached hydrogen (secondary N) is 2. The van der Waals surface area contributed by atoms with Gasteiger partial charge in [-0.1, -0.05) is 0 Å². The van der Waals surface area contributed by atoms with Crippen LogP contribution in [0.2, 0.25) is 0 Å². The van der Waals surface area contributed by atoms with E-state index in [1.165, 1.54) is 0 Å². The van der Waals surface area contributed by atoms with Crippen LogP contribution in [0.4, 0.5) is 0 Å². The van der Waals surface area contributed by atoms with E-state index in [1.54, 1.807) is 0 Å². The monoisotopic (exact) mass is 189 g/mol. The maximum Gasteiger partial charge on any atom is 0.304 e. The Bertz CT molecular complexity index is 141. The molecule has 0 heterocycles. The first-order chi connectivity index (χ1) is 6.16. The van der Waals surface area contributed by atoms with Crippen molar-refractivity contribution in [1.82, 2.24) is 10.6 Å². The molecule has 0 rings (SSSR count). The number of carboxylic acid groups (broad SMARTS) is 1. The Morgan fingerprint density at radius 3 is 2.77 bits per heavy atom. The molecular formula is C8H19N3O2. The highest BCUT2D eigenvalue weighted by Crippen LogP contribution is 1.79. The molecule has 0 aliphatic carbocycles. The average molecular weight is 189 g/mol. The number of hydrogen-bond acceptors (Lipinski definition) is 4. The molecule has 5 nitrogen and oxygen atoms in total. The minimum absolute atomic E-state index is 0.170. The zero-order chi connectivity index (χ0) is 10.1. The number of carboxylic acids is 1. The van der Waals surface area contributed by atoms with E-state index in [9.17, 15) is 4.79 Å². The molecule has 78 valence electrons. The third-order valence-corrected chi connectivity index (χ3v) is 1.60. The summed E-state index contributed by atoms with van der Waals surface area (Å²) in [5.74, 6) is -0.768. The summed E-state index contributed by atoms with van der Waals surface area (Å²) in [6.07, 6.45) is 0.170. The van der Waals surface area contributed by atoms with Crippen molar-refractivity contribution in [2.45, 2.75) is 19.4 Å². The molecule has 0 unspecified atom stereocenters. The van der Waals surface area contributed by atoms with Gasteiger partial charge in [-0.15, -0.1) is 0 Å². The summed E-state index contributed by atoms with van der Waals surface area (Å²) >= 11 is 0. The van der Waals surface area contributed by atoms with E-state index in [-0.39, 0.29) is 6.42 Å². The van der Waals surface area contributed by atoms with Crippen LogP contribution in [-0.2, 0) is 4.79 Å². The Morgan fingerprint density at radius 2 is 2.23 bits per heavy atom. The average Bonchev–Trinajstić information content (AvgIpc) is 2.08. The van der Waals surface area contributed by atoms with Crippen molar-refractivity contribution >= 4 is 5.97 Å². The molecule has 0 saturated carbocycles. The van der Waals surface area contributed by atoms with Gasteiger partial charge in [0.05, 0.1) is 6.42 Å². The minimum Gasteiger partial charge on any atom is -0.481 e. The molecule has 5 heteroatoms. The lowest BCUT2D eigenvalue weighted by atomic mass is 10.3. The number of aliphatic carboxylic acids is 1. The summed E-state index contributed by atoms with van der Waals surface area (Å²) in [5.41, 5.74) is 5.31. The molecule has 13 heavy (non-hydrogen) atoms. The van der Waals surface area contributed by atoms with E-state index in [0.29, 0.717) is 19.1 Å². The molecule has 0 saturated heterocycles. The molecule has 0 aromatic rings. The Morgan fingerprint density at radius 1 is 1.54 bits per heavy atom. The quantitative estimate of drug-likeness (QED) is 0.367. The standard InChI is InChI=1S/C8H19N3O2/c1-7(11-5-3-9)6-10-4-2-8(12)13/h7,10-11H,2-6,9H2,1H3,(H,12,13)/t7-/m1/s1. The van der Waals surface area contributed by atoms with Crippen LogP contribution in [0.1, 0.15) is 13.3 Å². The maximum atomic E-state index is 10.1. The predicted molar refractivity (Wildman–Crippen MR) is 51.6 cm³/mol. The van der Waals surface area contributed by atoms with E-state index in [4.69, 9.17) is 10.8 Å². The van der Waals surface area contributed by atoms with Gasteiger partial charge >= 0.3 is 5.97 Å². The second-order valence-electron chi connectivity index (χ2n) is 2.99. The van der Waals surface area contributed by atoms with Gasteiger partial charge in [0.2, 0.25) is 0 Å². The Balaban J connectivity index is 3.16. The van der Waals surface area contributed by atoms with Gasteiger partial charge in [-0.2, -0.15) is 0 Å². The molecule has 0 spiro atoms. The van der Waals surface area contributed by atoms with Crippen LogP contribution in [0.3, 0.4) is 0 Å². The normalized spacial score (nSPS) is 12.8. The van der Waals surface area contributed by atoms with E-state index >= 15 is 0 Å². The smallest absolute Gasteiger partial charge is 0.304 e. The highest BCUT2D eigenvalue weighted by Gasteiger charge is 2.00. The van der Waals surface area contributed by atoms with Gasteiger partial charge in [0, 0.05) is 32.2 Å².